The van der Waals surface area contributed by atoms with E-state index in [9.17, 15) is 9.59 Å². The molecule has 0 bridgehead atoms. The van der Waals surface area contributed by atoms with Gasteiger partial charge < -0.3 is 15.5 Å². The number of anilines is 1. The van der Waals surface area contributed by atoms with E-state index in [1.165, 1.54) is 12.8 Å². The van der Waals surface area contributed by atoms with Gasteiger partial charge in [-0.1, -0.05) is 30.5 Å². The highest BCUT2D eigenvalue weighted by Gasteiger charge is 2.35. The second-order valence-electron chi connectivity index (χ2n) is 6.64. The molecule has 5 nitrogen and oxygen atoms in total. The van der Waals surface area contributed by atoms with Crippen molar-refractivity contribution in [2.45, 2.75) is 57.5 Å². The normalized spacial score (nSPS) is 21.4. The number of carbonyl (C=O) groups excluding carboxylic acids is 2. The van der Waals surface area contributed by atoms with Gasteiger partial charge in [0.25, 0.3) is 0 Å². The monoisotopic (exact) mass is 315 g/mol. The highest BCUT2D eigenvalue weighted by atomic mass is 16.2. The molecule has 1 aromatic rings. The number of rotatable bonds is 3. The fourth-order valence-electron chi connectivity index (χ4n) is 3.48. The molecule has 124 valence electrons. The van der Waals surface area contributed by atoms with Crippen LogP contribution in [0.5, 0.6) is 0 Å². The molecule has 2 fully saturated rings. The van der Waals surface area contributed by atoms with Gasteiger partial charge in [0.15, 0.2) is 0 Å². The summed E-state index contributed by atoms with van der Waals surface area (Å²) in [6, 6.07) is 7.48. The first-order valence-corrected chi connectivity index (χ1v) is 8.58. The lowest BCUT2D eigenvalue weighted by Crippen LogP contribution is -2.49. The van der Waals surface area contributed by atoms with E-state index >= 15 is 0 Å². The largest absolute Gasteiger partial charge is 0.352 e. The van der Waals surface area contributed by atoms with Gasteiger partial charge >= 0.3 is 6.03 Å². The van der Waals surface area contributed by atoms with E-state index in [4.69, 9.17) is 0 Å². The van der Waals surface area contributed by atoms with E-state index in [2.05, 4.69) is 10.6 Å². The van der Waals surface area contributed by atoms with Crippen LogP contribution in [-0.4, -0.2) is 35.5 Å². The van der Waals surface area contributed by atoms with Crippen molar-refractivity contribution in [1.82, 2.24) is 10.2 Å². The van der Waals surface area contributed by atoms with Gasteiger partial charge in [0.2, 0.25) is 5.91 Å². The zero-order valence-electron chi connectivity index (χ0n) is 13.7. The van der Waals surface area contributed by atoms with Crippen LogP contribution < -0.4 is 10.6 Å². The first kappa shape index (κ1) is 15.8. The average Bonchev–Trinajstić information content (AvgIpc) is 3.20. The minimum Gasteiger partial charge on any atom is -0.352 e. The Morgan fingerprint density at radius 2 is 1.74 bits per heavy atom. The molecule has 23 heavy (non-hydrogen) atoms. The molecule has 1 aromatic carbocycles. The fraction of sp³-hybridized carbons (Fsp3) is 0.556. The van der Waals surface area contributed by atoms with Crippen LogP contribution in [0.25, 0.3) is 0 Å². The molecule has 1 atom stereocenters. The molecule has 0 aromatic heterocycles. The summed E-state index contributed by atoms with van der Waals surface area (Å²) in [5, 5.41) is 6.01. The summed E-state index contributed by atoms with van der Waals surface area (Å²) in [5.41, 5.74) is 1.92. The van der Waals surface area contributed by atoms with Crippen molar-refractivity contribution in [2.24, 2.45) is 0 Å². The fourth-order valence-corrected chi connectivity index (χ4v) is 3.48. The number of likely N-dealkylation sites (tertiary alicyclic amines) is 1. The molecule has 3 rings (SSSR count). The maximum Gasteiger partial charge on any atom is 0.322 e. The van der Waals surface area contributed by atoms with Crippen molar-refractivity contribution in [3.05, 3.63) is 29.8 Å². The highest BCUT2D eigenvalue weighted by Crippen LogP contribution is 2.22. The predicted octanol–water partition coefficient (Wildman–Crippen LogP) is 3.05. The molecule has 1 saturated carbocycles. The predicted molar refractivity (Wildman–Crippen MR) is 90.3 cm³/mol. The van der Waals surface area contributed by atoms with Crippen LogP contribution in [0, 0.1) is 6.92 Å². The van der Waals surface area contributed by atoms with E-state index in [0.717, 1.165) is 36.9 Å². The van der Waals surface area contributed by atoms with Gasteiger partial charge in [0, 0.05) is 18.3 Å². The Balaban J connectivity index is 1.59. The first-order chi connectivity index (χ1) is 11.1. The second kappa shape index (κ2) is 7.02. The molecule has 5 heteroatoms. The smallest absolute Gasteiger partial charge is 0.322 e. The molecular weight excluding hydrogens is 290 g/mol. The number of urea groups is 1. The Morgan fingerprint density at radius 1 is 1.04 bits per heavy atom. The minimum absolute atomic E-state index is 0.00783. The number of hydrogen-bond acceptors (Lipinski definition) is 2. The highest BCUT2D eigenvalue weighted by molar-refractivity contribution is 5.94. The summed E-state index contributed by atoms with van der Waals surface area (Å²) in [4.78, 5) is 26.6. The molecule has 1 saturated heterocycles. The standard InChI is InChI=1S/C18H25N3O2/c1-13-8-10-15(11-9-13)20-18(23)21-12-4-7-16(21)17(22)19-14-5-2-3-6-14/h8-11,14,16H,2-7,12H2,1H3,(H,19,22)(H,20,23). The van der Waals surface area contributed by atoms with Crippen LogP contribution in [0.2, 0.25) is 0 Å². The first-order valence-electron chi connectivity index (χ1n) is 8.58. The van der Waals surface area contributed by atoms with Gasteiger partial charge in [-0.3, -0.25) is 4.79 Å². The topological polar surface area (TPSA) is 61.4 Å². The summed E-state index contributed by atoms with van der Waals surface area (Å²) < 4.78 is 0. The van der Waals surface area contributed by atoms with Gasteiger partial charge in [-0.25, -0.2) is 4.79 Å². The molecule has 3 amide bonds. The van der Waals surface area contributed by atoms with Crippen molar-refractivity contribution in [3.8, 4) is 0 Å². The molecule has 1 aliphatic carbocycles. The Hall–Kier alpha value is -2.04. The molecule has 2 aliphatic rings. The Kier molecular flexibility index (Phi) is 4.84. The number of nitrogens with one attached hydrogen (secondary N) is 2. The summed E-state index contributed by atoms with van der Waals surface area (Å²) in [7, 11) is 0. The number of nitrogens with zero attached hydrogens (tertiary/aromatic N) is 1. The summed E-state index contributed by atoms with van der Waals surface area (Å²) in [5.74, 6) is 0.00783. The SMILES string of the molecule is Cc1ccc(NC(=O)N2CCCC2C(=O)NC2CCCC2)cc1. The van der Waals surface area contributed by atoms with Gasteiger partial charge in [-0.15, -0.1) is 0 Å². The Bertz CT molecular complexity index is 564. The van der Waals surface area contributed by atoms with Crippen molar-refractivity contribution in [3.63, 3.8) is 0 Å². The number of amides is 3. The van der Waals surface area contributed by atoms with Crippen molar-refractivity contribution in [1.29, 1.82) is 0 Å². The summed E-state index contributed by atoms with van der Waals surface area (Å²) >= 11 is 0. The molecule has 0 spiro atoms. The average molecular weight is 315 g/mol. The van der Waals surface area contributed by atoms with Gasteiger partial charge in [-0.2, -0.15) is 0 Å². The van der Waals surface area contributed by atoms with E-state index in [-0.39, 0.29) is 18.0 Å². The lowest BCUT2D eigenvalue weighted by atomic mass is 10.1. The van der Waals surface area contributed by atoms with Crippen LogP contribution >= 0.6 is 0 Å². The third-order valence-electron chi connectivity index (χ3n) is 4.82. The third kappa shape index (κ3) is 3.84. The van der Waals surface area contributed by atoms with Gasteiger partial charge in [-0.05, 0) is 44.7 Å². The molecule has 0 radical (unpaired) electrons. The Labute approximate surface area is 137 Å². The maximum atomic E-state index is 12.5. The van der Waals surface area contributed by atoms with Crippen LogP contribution in [0.4, 0.5) is 10.5 Å². The molecule has 1 heterocycles. The number of hydrogen-bond donors (Lipinski definition) is 2. The maximum absolute atomic E-state index is 12.5. The van der Waals surface area contributed by atoms with Gasteiger partial charge in [0.05, 0.1) is 0 Å². The van der Waals surface area contributed by atoms with E-state index in [0.29, 0.717) is 12.6 Å². The quantitative estimate of drug-likeness (QED) is 0.900. The third-order valence-corrected chi connectivity index (χ3v) is 4.82. The van der Waals surface area contributed by atoms with E-state index < -0.39 is 0 Å². The molecule has 1 aliphatic heterocycles. The molecule has 2 N–H and O–H groups in total. The molecule has 1 unspecified atom stereocenters. The lowest BCUT2D eigenvalue weighted by molar-refractivity contribution is -0.125. The van der Waals surface area contributed by atoms with Crippen molar-refractivity contribution < 1.29 is 9.59 Å². The number of aryl methyl sites for hydroxylation is 1. The van der Waals surface area contributed by atoms with Crippen molar-refractivity contribution in [2.75, 3.05) is 11.9 Å². The summed E-state index contributed by atoms with van der Waals surface area (Å²) in [6.45, 7) is 2.65. The molecular formula is C18H25N3O2. The number of benzene rings is 1. The number of carbonyl (C=O) groups is 2. The zero-order chi connectivity index (χ0) is 16.2. The van der Waals surface area contributed by atoms with Crippen LogP contribution in [0.3, 0.4) is 0 Å². The lowest BCUT2D eigenvalue weighted by Gasteiger charge is -2.25. The van der Waals surface area contributed by atoms with Crippen LogP contribution in [0.1, 0.15) is 44.1 Å². The van der Waals surface area contributed by atoms with Crippen LogP contribution in [-0.2, 0) is 4.79 Å². The van der Waals surface area contributed by atoms with Gasteiger partial charge in [0.1, 0.15) is 6.04 Å². The zero-order valence-corrected chi connectivity index (χ0v) is 13.7. The van der Waals surface area contributed by atoms with Crippen LogP contribution in [0.15, 0.2) is 24.3 Å². The van der Waals surface area contributed by atoms with Crippen molar-refractivity contribution >= 4 is 17.6 Å². The second-order valence-corrected chi connectivity index (χ2v) is 6.64. The van der Waals surface area contributed by atoms with E-state index in [1.54, 1.807) is 4.90 Å². The summed E-state index contributed by atoms with van der Waals surface area (Å²) in [6.07, 6.45) is 6.13. The van der Waals surface area contributed by atoms with E-state index in [1.807, 2.05) is 31.2 Å². The Morgan fingerprint density at radius 3 is 2.43 bits per heavy atom. The minimum atomic E-state index is -0.332.